The second kappa shape index (κ2) is 7.92. The highest BCUT2D eigenvalue weighted by Crippen LogP contribution is 2.21. The number of piperazine rings is 1. The fourth-order valence-corrected chi connectivity index (χ4v) is 3.81. The van der Waals surface area contributed by atoms with E-state index < -0.39 is 0 Å². The summed E-state index contributed by atoms with van der Waals surface area (Å²) >= 11 is 0. The van der Waals surface area contributed by atoms with Gasteiger partial charge in [0.2, 0.25) is 5.91 Å². The van der Waals surface area contributed by atoms with Gasteiger partial charge in [-0.3, -0.25) is 9.69 Å². The van der Waals surface area contributed by atoms with Crippen LogP contribution in [-0.2, 0) is 4.79 Å². The summed E-state index contributed by atoms with van der Waals surface area (Å²) in [4.78, 5) is 33.0. The number of hydrogen-bond acceptors (Lipinski definition) is 3. The van der Waals surface area contributed by atoms with Crippen molar-refractivity contribution in [1.29, 1.82) is 0 Å². The van der Waals surface area contributed by atoms with Crippen molar-refractivity contribution >= 4 is 23.3 Å². The van der Waals surface area contributed by atoms with E-state index in [1.807, 2.05) is 54.3 Å². The van der Waals surface area contributed by atoms with Gasteiger partial charge in [0, 0.05) is 50.6 Å². The first-order valence-electron chi connectivity index (χ1n) is 9.83. The molecule has 3 amide bonds. The van der Waals surface area contributed by atoms with Gasteiger partial charge in [0.05, 0.1) is 0 Å². The molecule has 0 saturated carbocycles. The maximum Gasteiger partial charge on any atom is 0.325 e. The van der Waals surface area contributed by atoms with Crippen LogP contribution in [-0.4, -0.2) is 67.6 Å². The molecule has 2 aromatic carbocycles. The van der Waals surface area contributed by atoms with E-state index >= 15 is 0 Å². The van der Waals surface area contributed by atoms with Gasteiger partial charge in [-0.05, 0) is 31.2 Å². The highest BCUT2D eigenvalue weighted by atomic mass is 16.2. The van der Waals surface area contributed by atoms with Crippen LogP contribution >= 0.6 is 0 Å². The molecule has 2 aliphatic rings. The van der Waals surface area contributed by atoms with Crippen LogP contribution in [0.5, 0.6) is 0 Å². The summed E-state index contributed by atoms with van der Waals surface area (Å²) < 4.78 is 0. The molecule has 0 unspecified atom stereocenters. The van der Waals surface area contributed by atoms with Gasteiger partial charge in [-0.15, -0.1) is 0 Å². The number of urea groups is 1. The summed E-state index contributed by atoms with van der Waals surface area (Å²) in [7, 11) is 0. The van der Waals surface area contributed by atoms with Gasteiger partial charge in [-0.2, -0.15) is 0 Å². The number of amides is 3. The Morgan fingerprint density at radius 3 is 2.18 bits per heavy atom. The van der Waals surface area contributed by atoms with Crippen molar-refractivity contribution in [3.8, 4) is 0 Å². The molecule has 2 saturated heterocycles. The lowest BCUT2D eigenvalue weighted by Crippen LogP contribution is -2.51. The molecule has 2 aliphatic heterocycles. The zero-order valence-corrected chi connectivity index (χ0v) is 16.3. The summed E-state index contributed by atoms with van der Waals surface area (Å²) in [5, 5.41) is 0. The van der Waals surface area contributed by atoms with Crippen LogP contribution in [0.25, 0.3) is 0 Å². The third-order valence-electron chi connectivity index (χ3n) is 5.52. The number of aryl methyl sites for hydroxylation is 1. The lowest BCUT2D eigenvalue weighted by molar-refractivity contribution is -0.131. The van der Waals surface area contributed by atoms with Crippen LogP contribution in [0.2, 0.25) is 0 Å². The van der Waals surface area contributed by atoms with Gasteiger partial charge in [-0.25, -0.2) is 4.79 Å². The Morgan fingerprint density at radius 1 is 0.821 bits per heavy atom. The Balaban J connectivity index is 1.31. The normalized spacial score (nSPS) is 17.4. The molecule has 2 heterocycles. The molecular weight excluding hydrogens is 352 g/mol. The van der Waals surface area contributed by atoms with Crippen molar-refractivity contribution in [1.82, 2.24) is 9.80 Å². The second-order valence-corrected chi connectivity index (χ2v) is 7.39. The van der Waals surface area contributed by atoms with Crippen LogP contribution in [0.4, 0.5) is 16.2 Å². The van der Waals surface area contributed by atoms with Crippen molar-refractivity contribution in [3.63, 3.8) is 0 Å². The lowest BCUT2D eigenvalue weighted by atomic mass is 10.2. The average molecular weight is 378 g/mol. The summed E-state index contributed by atoms with van der Waals surface area (Å²) in [6, 6.07) is 18.1. The van der Waals surface area contributed by atoms with Crippen LogP contribution in [0.3, 0.4) is 0 Å². The van der Waals surface area contributed by atoms with Gasteiger partial charge in [-0.1, -0.05) is 35.9 Å². The molecular formula is C22H26N4O2. The minimum Gasteiger partial charge on any atom is -0.368 e. The monoisotopic (exact) mass is 378 g/mol. The van der Waals surface area contributed by atoms with Crippen molar-refractivity contribution in [3.05, 3.63) is 60.2 Å². The minimum atomic E-state index is -0.0832. The Labute approximate surface area is 165 Å². The number of anilines is 2. The highest BCUT2D eigenvalue weighted by molar-refractivity contribution is 5.96. The van der Waals surface area contributed by atoms with E-state index in [1.54, 1.807) is 9.80 Å². The minimum absolute atomic E-state index is 0.0341. The largest absolute Gasteiger partial charge is 0.368 e. The fraction of sp³-hybridized carbons (Fsp3) is 0.364. The Morgan fingerprint density at radius 2 is 1.50 bits per heavy atom. The lowest BCUT2D eigenvalue weighted by Gasteiger charge is -2.36. The molecule has 2 aromatic rings. The molecule has 28 heavy (non-hydrogen) atoms. The first kappa shape index (κ1) is 18.3. The molecule has 2 fully saturated rings. The first-order valence-corrected chi connectivity index (χ1v) is 9.83. The molecule has 6 heteroatoms. The Bertz CT molecular complexity index is 829. The quantitative estimate of drug-likeness (QED) is 0.822. The van der Waals surface area contributed by atoms with Crippen LogP contribution in [0, 0.1) is 6.92 Å². The first-order chi connectivity index (χ1) is 13.6. The third-order valence-corrected chi connectivity index (χ3v) is 5.52. The second-order valence-electron chi connectivity index (χ2n) is 7.39. The average Bonchev–Trinajstić information content (AvgIpc) is 3.09. The zero-order chi connectivity index (χ0) is 19.5. The number of para-hydroxylation sites is 1. The van der Waals surface area contributed by atoms with E-state index in [2.05, 4.69) is 17.0 Å². The molecule has 4 rings (SSSR count). The van der Waals surface area contributed by atoms with Gasteiger partial charge in [0.25, 0.3) is 0 Å². The summed E-state index contributed by atoms with van der Waals surface area (Å²) in [6.07, 6.45) is 0. The maximum atomic E-state index is 12.7. The van der Waals surface area contributed by atoms with Crippen molar-refractivity contribution in [2.45, 2.75) is 6.92 Å². The number of carbonyl (C=O) groups is 2. The van der Waals surface area contributed by atoms with Crippen molar-refractivity contribution < 1.29 is 9.59 Å². The Kier molecular flexibility index (Phi) is 5.19. The van der Waals surface area contributed by atoms with E-state index in [0.717, 1.165) is 24.3 Å². The van der Waals surface area contributed by atoms with E-state index in [1.165, 1.54) is 5.69 Å². The molecule has 0 aliphatic carbocycles. The van der Waals surface area contributed by atoms with Crippen LogP contribution < -0.4 is 9.80 Å². The third kappa shape index (κ3) is 3.81. The fourth-order valence-electron chi connectivity index (χ4n) is 3.81. The van der Waals surface area contributed by atoms with E-state index in [4.69, 9.17) is 0 Å². The summed E-state index contributed by atoms with van der Waals surface area (Å²) in [6.45, 7) is 6.41. The molecule has 0 bridgehead atoms. The topological polar surface area (TPSA) is 47.1 Å². The van der Waals surface area contributed by atoms with Gasteiger partial charge in [0.1, 0.15) is 6.54 Å². The Hall–Kier alpha value is -3.02. The molecule has 0 radical (unpaired) electrons. The van der Waals surface area contributed by atoms with Gasteiger partial charge < -0.3 is 14.7 Å². The zero-order valence-electron chi connectivity index (χ0n) is 16.3. The van der Waals surface area contributed by atoms with Crippen molar-refractivity contribution in [2.24, 2.45) is 0 Å². The van der Waals surface area contributed by atoms with Gasteiger partial charge >= 0.3 is 6.03 Å². The number of rotatable bonds is 4. The molecule has 0 atom stereocenters. The smallest absolute Gasteiger partial charge is 0.325 e. The predicted molar refractivity (Wildman–Crippen MR) is 111 cm³/mol. The summed E-state index contributed by atoms with van der Waals surface area (Å²) in [5.41, 5.74) is 3.25. The highest BCUT2D eigenvalue weighted by Gasteiger charge is 2.32. The molecule has 0 spiro atoms. The van der Waals surface area contributed by atoms with E-state index in [-0.39, 0.29) is 18.5 Å². The number of benzene rings is 2. The maximum absolute atomic E-state index is 12.7. The molecule has 6 nitrogen and oxygen atoms in total. The standard InChI is InChI=1S/C22H26N4O2/c1-18-7-9-20(10-8-18)26-16-15-25(22(26)28)17-21(27)24-13-11-23(12-14-24)19-5-3-2-4-6-19/h2-10H,11-17H2,1H3. The molecule has 146 valence electrons. The number of hydrogen-bond donors (Lipinski definition) is 0. The molecule has 0 N–H and O–H groups in total. The van der Waals surface area contributed by atoms with E-state index in [0.29, 0.717) is 26.2 Å². The summed E-state index contributed by atoms with van der Waals surface area (Å²) in [5.74, 6) is 0.0341. The van der Waals surface area contributed by atoms with Gasteiger partial charge in [0.15, 0.2) is 0 Å². The van der Waals surface area contributed by atoms with Crippen molar-refractivity contribution in [2.75, 3.05) is 55.6 Å². The number of nitrogens with zero attached hydrogens (tertiary/aromatic N) is 4. The van der Waals surface area contributed by atoms with E-state index in [9.17, 15) is 9.59 Å². The predicted octanol–water partition coefficient (Wildman–Crippen LogP) is 2.59. The van der Waals surface area contributed by atoms with Crippen LogP contribution in [0.15, 0.2) is 54.6 Å². The number of carbonyl (C=O) groups excluding carboxylic acids is 2. The van der Waals surface area contributed by atoms with Crippen LogP contribution in [0.1, 0.15) is 5.56 Å². The molecule has 0 aromatic heterocycles. The SMILES string of the molecule is Cc1ccc(N2CCN(CC(=O)N3CCN(c4ccccc4)CC3)C2=O)cc1.